The van der Waals surface area contributed by atoms with E-state index < -0.39 is 0 Å². The maximum Gasteiger partial charge on any atom is 0.164 e. The Bertz CT molecular complexity index is 538. The van der Waals surface area contributed by atoms with Crippen LogP contribution in [0, 0.1) is 6.92 Å². The standard InChI is InChI=1S/C13H16ClN3/c1-9-5-6-10(7-11(9)14)12-16-15-8-17(12)13(2,3)4/h5-8H,1-4H3. The zero-order chi connectivity index (χ0) is 12.6. The Labute approximate surface area is 106 Å². The SMILES string of the molecule is Cc1ccc(-c2nncn2C(C)(C)C)cc1Cl. The molecule has 2 aromatic rings. The first-order chi connectivity index (χ1) is 7.89. The van der Waals surface area contributed by atoms with Crippen molar-refractivity contribution in [1.82, 2.24) is 14.8 Å². The number of hydrogen-bond acceptors (Lipinski definition) is 2. The molecule has 0 aliphatic heterocycles. The normalized spacial score (nSPS) is 11.8. The van der Waals surface area contributed by atoms with Gasteiger partial charge in [-0.25, -0.2) is 0 Å². The molecular weight excluding hydrogens is 234 g/mol. The summed E-state index contributed by atoms with van der Waals surface area (Å²) in [4.78, 5) is 0. The first kappa shape index (κ1) is 12.1. The molecule has 4 heteroatoms. The fraction of sp³-hybridized carbons (Fsp3) is 0.385. The number of halogens is 1. The lowest BCUT2D eigenvalue weighted by molar-refractivity contribution is 0.400. The molecular formula is C13H16ClN3. The summed E-state index contributed by atoms with van der Waals surface area (Å²) in [6, 6.07) is 5.95. The van der Waals surface area contributed by atoms with Crippen molar-refractivity contribution in [3.63, 3.8) is 0 Å². The summed E-state index contributed by atoms with van der Waals surface area (Å²) in [6.07, 6.45) is 1.75. The van der Waals surface area contributed by atoms with Gasteiger partial charge in [0.2, 0.25) is 0 Å². The lowest BCUT2D eigenvalue weighted by Gasteiger charge is -2.22. The van der Waals surface area contributed by atoms with E-state index in [0.717, 1.165) is 22.0 Å². The zero-order valence-corrected chi connectivity index (χ0v) is 11.3. The molecule has 0 saturated heterocycles. The molecule has 0 bridgehead atoms. The molecule has 0 radical (unpaired) electrons. The molecule has 0 spiro atoms. The molecule has 0 unspecified atom stereocenters. The molecule has 90 valence electrons. The number of hydrogen-bond donors (Lipinski definition) is 0. The fourth-order valence-corrected chi connectivity index (χ4v) is 1.84. The van der Waals surface area contributed by atoms with Gasteiger partial charge in [-0.3, -0.25) is 0 Å². The van der Waals surface area contributed by atoms with E-state index in [2.05, 4.69) is 31.0 Å². The second-order valence-electron chi connectivity index (χ2n) is 5.16. The highest BCUT2D eigenvalue weighted by Gasteiger charge is 2.18. The van der Waals surface area contributed by atoms with Gasteiger partial charge in [-0.2, -0.15) is 0 Å². The fourth-order valence-electron chi connectivity index (χ4n) is 1.65. The van der Waals surface area contributed by atoms with Crippen LogP contribution in [0.1, 0.15) is 26.3 Å². The number of benzene rings is 1. The first-order valence-electron chi connectivity index (χ1n) is 5.56. The smallest absolute Gasteiger partial charge is 0.164 e. The maximum absolute atomic E-state index is 6.14. The Morgan fingerprint density at radius 1 is 1.24 bits per heavy atom. The van der Waals surface area contributed by atoms with Crippen molar-refractivity contribution >= 4 is 11.6 Å². The van der Waals surface area contributed by atoms with Crippen molar-refractivity contribution < 1.29 is 0 Å². The highest BCUT2D eigenvalue weighted by Crippen LogP contribution is 2.27. The minimum atomic E-state index is -0.0454. The molecule has 1 aromatic heterocycles. The van der Waals surface area contributed by atoms with Gasteiger partial charge in [0.15, 0.2) is 5.82 Å². The second kappa shape index (κ2) is 4.15. The van der Waals surface area contributed by atoms with Crippen molar-refractivity contribution in [2.45, 2.75) is 33.2 Å². The molecule has 1 aromatic carbocycles. The van der Waals surface area contributed by atoms with Gasteiger partial charge in [-0.1, -0.05) is 23.7 Å². The van der Waals surface area contributed by atoms with Crippen LogP contribution in [0.2, 0.25) is 5.02 Å². The van der Waals surface area contributed by atoms with Gasteiger partial charge in [0.25, 0.3) is 0 Å². The predicted molar refractivity (Wildman–Crippen MR) is 70.2 cm³/mol. The zero-order valence-electron chi connectivity index (χ0n) is 10.5. The third kappa shape index (κ3) is 2.34. The van der Waals surface area contributed by atoms with Gasteiger partial charge in [0, 0.05) is 16.1 Å². The van der Waals surface area contributed by atoms with Crippen LogP contribution in [-0.2, 0) is 5.54 Å². The third-order valence-electron chi connectivity index (χ3n) is 2.70. The van der Waals surface area contributed by atoms with E-state index in [1.165, 1.54) is 0 Å². The summed E-state index contributed by atoms with van der Waals surface area (Å²) in [5.74, 6) is 0.847. The molecule has 0 amide bonds. The molecule has 0 aliphatic carbocycles. The molecule has 0 aliphatic rings. The Morgan fingerprint density at radius 3 is 2.53 bits per heavy atom. The molecule has 0 atom stereocenters. The molecule has 17 heavy (non-hydrogen) atoms. The topological polar surface area (TPSA) is 30.7 Å². The van der Waals surface area contributed by atoms with E-state index in [-0.39, 0.29) is 5.54 Å². The second-order valence-corrected chi connectivity index (χ2v) is 5.57. The summed E-state index contributed by atoms with van der Waals surface area (Å²) in [5.41, 5.74) is 2.01. The highest BCUT2D eigenvalue weighted by atomic mass is 35.5. The van der Waals surface area contributed by atoms with Gasteiger partial charge in [0.05, 0.1) is 0 Å². The lowest BCUT2D eigenvalue weighted by atomic mass is 10.1. The van der Waals surface area contributed by atoms with Gasteiger partial charge < -0.3 is 4.57 Å². The van der Waals surface area contributed by atoms with Crippen molar-refractivity contribution in [3.8, 4) is 11.4 Å². The minimum Gasteiger partial charge on any atom is -0.308 e. The van der Waals surface area contributed by atoms with E-state index in [9.17, 15) is 0 Å². The van der Waals surface area contributed by atoms with E-state index >= 15 is 0 Å². The van der Waals surface area contributed by atoms with Gasteiger partial charge in [-0.15, -0.1) is 10.2 Å². The Morgan fingerprint density at radius 2 is 1.94 bits per heavy atom. The predicted octanol–water partition coefficient (Wildman–Crippen LogP) is 3.66. The molecule has 2 rings (SSSR count). The Balaban J connectivity index is 2.54. The third-order valence-corrected chi connectivity index (χ3v) is 3.11. The average Bonchev–Trinajstić information content (AvgIpc) is 2.70. The van der Waals surface area contributed by atoms with Crippen LogP contribution in [0.5, 0.6) is 0 Å². The van der Waals surface area contributed by atoms with Crippen molar-refractivity contribution in [3.05, 3.63) is 35.1 Å². The number of rotatable bonds is 1. The van der Waals surface area contributed by atoms with Crippen LogP contribution >= 0.6 is 11.6 Å². The van der Waals surface area contributed by atoms with E-state index in [1.54, 1.807) is 6.33 Å². The summed E-state index contributed by atoms with van der Waals surface area (Å²) >= 11 is 6.14. The molecule has 3 nitrogen and oxygen atoms in total. The van der Waals surface area contributed by atoms with E-state index in [4.69, 9.17) is 11.6 Å². The molecule has 0 N–H and O–H groups in total. The Kier molecular flexibility index (Phi) is 2.96. The average molecular weight is 250 g/mol. The first-order valence-corrected chi connectivity index (χ1v) is 5.94. The number of aromatic nitrogens is 3. The molecule has 1 heterocycles. The summed E-state index contributed by atoms with van der Waals surface area (Å²) in [7, 11) is 0. The maximum atomic E-state index is 6.14. The minimum absolute atomic E-state index is 0.0454. The van der Waals surface area contributed by atoms with Gasteiger partial charge in [0.1, 0.15) is 6.33 Å². The van der Waals surface area contributed by atoms with Crippen LogP contribution in [0.25, 0.3) is 11.4 Å². The molecule has 0 saturated carbocycles. The summed E-state index contributed by atoms with van der Waals surface area (Å²) in [5, 5.41) is 8.92. The monoisotopic (exact) mass is 249 g/mol. The van der Waals surface area contributed by atoms with Crippen LogP contribution in [-0.4, -0.2) is 14.8 Å². The van der Waals surface area contributed by atoms with Gasteiger partial charge >= 0.3 is 0 Å². The van der Waals surface area contributed by atoms with Crippen LogP contribution in [0.4, 0.5) is 0 Å². The lowest BCUT2D eigenvalue weighted by Crippen LogP contribution is -2.21. The molecule has 0 fully saturated rings. The van der Waals surface area contributed by atoms with Crippen molar-refractivity contribution in [2.24, 2.45) is 0 Å². The highest BCUT2D eigenvalue weighted by molar-refractivity contribution is 6.31. The van der Waals surface area contributed by atoms with E-state index in [0.29, 0.717) is 0 Å². The largest absolute Gasteiger partial charge is 0.308 e. The Hall–Kier alpha value is -1.35. The quantitative estimate of drug-likeness (QED) is 0.772. The number of aryl methyl sites for hydroxylation is 1. The van der Waals surface area contributed by atoms with Crippen molar-refractivity contribution in [1.29, 1.82) is 0 Å². The van der Waals surface area contributed by atoms with Gasteiger partial charge in [-0.05, 0) is 39.3 Å². The number of nitrogens with zero attached hydrogens (tertiary/aromatic N) is 3. The summed E-state index contributed by atoms with van der Waals surface area (Å²) < 4.78 is 2.05. The van der Waals surface area contributed by atoms with Crippen molar-refractivity contribution in [2.75, 3.05) is 0 Å². The summed E-state index contributed by atoms with van der Waals surface area (Å²) in [6.45, 7) is 8.35. The van der Waals surface area contributed by atoms with E-state index in [1.807, 2.05) is 29.7 Å². The van der Waals surface area contributed by atoms with Crippen LogP contribution in [0.3, 0.4) is 0 Å². The van der Waals surface area contributed by atoms with Crippen LogP contribution < -0.4 is 0 Å². The van der Waals surface area contributed by atoms with Crippen LogP contribution in [0.15, 0.2) is 24.5 Å².